The molecule has 0 aliphatic heterocycles. The van der Waals surface area contributed by atoms with Gasteiger partial charge in [0.15, 0.2) is 0 Å². The van der Waals surface area contributed by atoms with E-state index in [2.05, 4.69) is 33.2 Å². The number of hydrogen-bond acceptors (Lipinski definition) is 2. The highest BCUT2D eigenvalue weighted by atomic mass is 127. The van der Waals surface area contributed by atoms with Crippen LogP contribution in [0.1, 0.15) is 42.0 Å². The molecule has 0 aromatic heterocycles. The molecule has 0 bridgehead atoms. The molecule has 32 heavy (non-hydrogen) atoms. The van der Waals surface area contributed by atoms with Crippen LogP contribution < -0.4 is 10.6 Å². The van der Waals surface area contributed by atoms with E-state index in [-0.39, 0.29) is 17.7 Å². The summed E-state index contributed by atoms with van der Waals surface area (Å²) in [6.07, 6.45) is 0. The van der Waals surface area contributed by atoms with Gasteiger partial charge >= 0.3 is 0 Å². The fourth-order valence-corrected chi connectivity index (χ4v) is 4.80. The minimum Gasteiger partial charge on any atom is -0.343 e. The SMILES string of the molecule is Cc1cc(I)cc(C)c1NC(=O)[C@H](NC(=O)C(c1ccccc1)c1ccccc1)C(C)C. The molecule has 0 heterocycles. The number of anilines is 1. The first-order valence-corrected chi connectivity index (χ1v) is 11.8. The summed E-state index contributed by atoms with van der Waals surface area (Å²) >= 11 is 2.27. The molecule has 0 fully saturated rings. The lowest BCUT2D eigenvalue weighted by atomic mass is 9.89. The second-order valence-corrected chi connectivity index (χ2v) is 9.63. The predicted molar refractivity (Wildman–Crippen MR) is 139 cm³/mol. The number of carbonyl (C=O) groups excluding carboxylic acids is 2. The molecule has 0 saturated heterocycles. The van der Waals surface area contributed by atoms with Crippen molar-refractivity contribution in [1.82, 2.24) is 5.32 Å². The lowest BCUT2D eigenvalue weighted by Crippen LogP contribution is -2.48. The third-order valence-electron chi connectivity index (χ3n) is 5.52. The molecule has 4 nitrogen and oxygen atoms in total. The Morgan fingerprint density at radius 1 is 0.781 bits per heavy atom. The van der Waals surface area contributed by atoms with Crippen molar-refractivity contribution in [2.45, 2.75) is 39.7 Å². The van der Waals surface area contributed by atoms with Crippen molar-refractivity contribution in [3.63, 3.8) is 0 Å². The van der Waals surface area contributed by atoms with Gasteiger partial charge in [-0.3, -0.25) is 9.59 Å². The number of aryl methyl sites for hydroxylation is 2. The minimum atomic E-state index is -0.657. The molecule has 0 saturated carbocycles. The van der Waals surface area contributed by atoms with Crippen molar-refractivity contribution in [2.75, 3.05) is 5.32 Å². The van der Waals surface area contributed by atoms with Crippen LogP contribution in [0.15, 0.2) is 72.8 Å². The summed E-state index contributed by atoms with van der Waals surface area (Å²) in [7, 11) is 0. The maximum absolute atomic E-state index is 13.5. The highest BCUT2D eigenvalue weighted by Crippen LogP contribution is 2.26. The summed E-state index contributed by atoms with van der Waals surface area (Å²) in [5.41, 5.74) is 4.59. The van der Waals surface area contributed by atoms with E-state index >= 15 is 0 Å². The Balaban J connectivity index is 1.87. The molecule has 1 atom stereocenters. The zero-order valence-corrected chi connectivity index (χ0v) is 21.0. The first-order valence-electron chi connectivity index (χ1n) is 10.8. The number of halogens is 1. The molecule has 2 N–H and O–H groups in total. The van der Waals surface area contributed by atoms with Gasteiger partial charge in [-0.05, 0) is 76.7 Å². The standard InChI is InChI=1S/C27H29IN2O2/c1-17(2)24(27(32)30-25-18(3)15-22(28)16-19(25)4)29-26(31)23(20-11-7-5-8-12-20)21-13-9-6-10-14-21/h5-17,23-24H,1-4H3,(H,29,31)(H,30,32)/t24-/m1/s1. The van der Waals surface area contributed by atoms with E-state index in [4.69, 9.17) is 0 Å². The Morgan fingerprint density at radius 3 is 1.69 bits per heavy atom. The Bertz CT molecular complexity index is 1020. The van der Waals surface area contributed by atoms with Crippen LogP contribution in [0.5, 0.6) is 0 Å². The second kappa shape index (κ2) is 10.8. The third kappa shape index (κ3) is 5.76. The van der Waals surface area contributed by atoms with Gasteiger partial charge in [0.05, 0.1) is 5.92 Å². The van der Waals surface area contributed by atoms with Crippen LogP contribution in [0.2, 0.25) is 0 Å². The van der Waals surface area contributed by atoms with Crippen LogP contribution in [0.4, 0.5) is 5.69 Å². The molecular weight excluding hydrogens is 511 g/mol. The molecule has 0 spiro atoms. The topological polar surface area (TPSA) is 58.2 Å². The summed E-state index contributed by atoms with van der Waals surface area (Å²) < 4.78 is 1.12. The largest absolute Gasteiger partial charge is 0.343 e. The monoisotopic (exact) mass is 540 g/mol. The summed E-state index contributed by atoms with van der Waals surface area (Å²) in [6, 6.07) is 22.7. The number of nitrogens with one attached hydrogen (secondary N) is 2. The van der Waals surface area contributed by atoms with Crippen LogP contribution >= 0.6 is 22.6 Å². The zero-order chi connectivity index (χ0) is 23.3. The van der Waals surface area contributed by atoms with E-state index in [0.717, 1.165) is 31.5 Å². The number of hydrogen-bond donors (Lipinski definition) is 2. The number of benzene rings is 3. The quantitative estimate of drug-likeness (QED) is 0.371. The molecule has 0 unspecified atom stereocenters. The van der Waals surface area contributed by atoms with Crippen LogP contribution in [0.25, 0.3) is 0 Å². The molecular formula is C27H29IN2O2. The summed E-state index contributed by atoms with van der Waals surface area (Å²) in [4.78, 5) is 26.7. The fourth-order valence-electron chi connectivity index (χ4n) is 3.87. The van der Waals surface area contributed by atoms with Crippen LogP contribution in [0.3, 0.4) is 0 Å². The summed E-state index contributed by atoms with van der Waals surface area (Å²) in [5, 5.41) is 6.09. The van der Waals surface area contributed by atoms with Crippen molar-refractivity contribution in [1.29, 1.82) is 0 Å². The Morgan fingerprint density at radius 2 is 1.25 bits per heavy atom. The predicted octanol–water partition coefficient (Wildman–Crippen LogP) is 5.82. The van der Waals surface area contributed by atoms with Gasteiger partial charge in [0, 0.05) is 9.26 Å². The van der Waals surface area contributed by atoms with E-state index in [1.807, 2.05) is 100 Å². The van der Waals surface area contributed by atoms with Gasteiger partial charge in [-0.15, -0.1) is 0 Å². The molecule has 5 heteroatoms. The third-order valence-corrected chi connectivity index (χ3v) is 6.14. The number of rotatable bonds is 7. The van der Waals surface area contributed by atoms with Crippen molar-refractivity contribution >= 4 is 40.1 Å². The van der Waals surface area contributed by atoms with Gasteiger partial charge in [-0.25, -0.2) is 0 Å². The van der Waals surface area contributed by atoms with Crippen molar-refractivity contribution in [2.24, 2.45) is 5.92 Å². The Labute approximate surface area is 204 Å². The van der Waals surface area contributed by atoms with Gasteiger partial charge in [-0.1, -0.05) is 74.5 Å². The molecule has 166 valence electrons. The van der Waals surface area contributed by atoms with Gasteiger partial charge in [0.1, 0.15) is 6.04 Å². The van der Waals surface area contributed by atoms with E-state index in [0.29, 0.717) is 0 Å². The zero-order valence-electron chi connectivity index (χ0n) is 18.9. The van der Waals surface area contributed by atoms with Crippen molar-refractivity contribution in [3.05, 3.63) is 98.6 Å². The second-order valence-electron chi connectivity index (χ2n) is 8.39. The smallest absolute Gasteiger partial charge is 0.247 e. The van der Waals surface area contributed by atoms with E-state index in [1.54, 1.807) is 0 Å². The van der Waals surface area contributed by atoms with Crippen molar-refractivity contribution < 1.29 is 9.59 Å². The lowest BCUT2D eigenvalue weighted by molar-refractivity contribution is -0.127. The van der Waals surface area contributed by atoms with E-state index in [9.17, 15) is 9.59 Å². The molecule has 3 aromatic rings. The van der Waals surface area contributed by atoms with Crippen LogP contribution in [0, 0.1) is 23.3 Å². The average Bonchev–Trinajstić information content (AvgIpc) is 2.76. The minimum absolute atomic E-state index is 0.0735. The van der Waals surface area contributed by atoms with Crippen molar-refractivity contribution in [3.8, 4) is 0 Å². The summed E-state index contributed by atoms with van der Waals surface area (Å²) in [6.45, 7) is 7.85. The normalized spacial score (nSPS) is 12.0. The van der Waals surface area contributed by atoms with Gasteiger partial charge in [0.2, 0.25) is 11.8 Å². The van der Waals surface area contributed by atoms with Gasteiger partial charge in [0.25, 0.3) is 0 Å². The lowest BCUT2D eigenvalue weighted by Gasteiger charge is -2.26. The molecule has 0 aliphatic carbocycles. The Kier molecular flexibility index (Phi) is 8.07. The van der Waals surface area contributed by atoms with Gasteiger partial charge in [-0.2, -0.15) is 0 Å². The molecule has 3 rings (SSSR count). The van der Waals surface area contributed by atoms with Crippen LogP contribution in [-0.2, 0) is 9.59 Å². The highest BCUT2D eigenvalue weighted by molar-refractivity contribution is 14.1. The first-order chi connectivity index (χ1) is 15.3. The molecule has 0 aliphatic rings. The highest BCUT2D eigenvalue weighted by Gasteiger charge is 2.30. The number of amides is 2. The number of carbonyl (C=O) groups is 2. The maximum Gasteiger partial charge on any atom is 0.247 e. The molecule has 2 amide bonds. The Hall–Kier alpha value is -2.67. The maximum atomic E-state index is 13.5. The molecule has 3 aromatic carbocycles. The van der Waals surface area contributed by atoms with E-state index in [1.165, 1.54) is 0 Å². The van der Waals surface area contributed by atoms with Gasteiger partial charge < -0.3 is 10.6 Å². The first kappa shape index (κ1) is 24.0. The summed E-state index contributed by atoms with van der Waals surface area (Å²) in [5.74, 6) is -0.961. The average molecular weight is 540 g/mol. The molecule has 0 radical (unpaired) electrons. The van der Waals surface area contributed by atoms with E-state index < -0.39 is 12.0 Å². The fraction of sp³-hybridized carbons (Fsp3) is 0.259. The van der Waals surface area contributed by atoms with Crippen LogP contribution in [-0.4, -0.2) is 17.9 Å².